The average molecular weight is 327 g/mol. The summed E-state index contributed by atoms with van der Waals surface area (Å²) in [4.78, 5) is 0. The lowest BCUT2D eigenvalue weighted by Gasteiger charge is -2.36. The molecular formula is C14H27ClO4S. The van der Waals surface area contributed by atoms with Gasteiger partial charge in [-0.05, 0) is 33.6 Å². The highest BCUT2D eigenvalue weighted by Crippen LogP contribution is 2.38. The van der Waals surface area contributed by atoms with Crippen molar-refractivity contribution in [2.45, 2.75) is 58.5 Å². The highest BCUT2D eigenvalue weighted by atomic mass is 35.7. The highest BCUT2D eigenvalue weighted by Gasteiger charge is 2.36. The topological polar surface area (TPSA) is 52.6 Å². The van der Waals surface area contributed by atoms with Gasteiger partial charge in [0, 0.05) is 16.1 Å². The Bertz CT molecular complexity index is 380. The van der Waals surface area contributed by atoms with E-state index < -0.39 is 9.05 Å². The molecule has 1 aliphatic carbocycles. The Morgan fingerprint density at radius 1 is 1.10 bits per heavy atom. The summed E-state index contributed by atoms with van der Waals surface area (Å²) in [5, 5.41) is 0. The van der Waals surface area contributed by atoms with Crippen molar-refractivity contribution >= 4 is 19.7 Å². The van der Waals surface area contributed by atoms with E-state index in [1.807, 2.05) is 20.8 Å². The maximum Gasteiger partial charge on any atom is 0.233 e. The van der Waals surface area contributed by atoms with Crippen molar-refractivity contribution in [3.8, 4) is 0 Å². The molecule has 0 N–H and O–H groups in total. The lowest BCUT2D eigenvalue weighted by molar-refractivity contribution is -0.0503. The summed E-state index contributed by atoms with van der Waals surface area (Å²) in [6, 6.07) is 0. The first-order chi connectivity index (χ1) is 9.12. The monoisotopic (exact) mass is 326 g/mol. The van der Waals surface area contributed by atoms with Crippen LogP contribution in [-0.2, 0) is 18.5 Å². The smallest absolute Gasteiger partial charge is 0.233 e. The fourth-order valence-electron chi connectivity index (χ4n) is 2.69. The van der Waals surface area contributed by atoms with E-state index in [1.54, 1.807) is 0 Å². The molecule has 1 aliphatic rings. The molecule has 0 amide bonds. The molecule has 0 bridgehead atoms. The van der Waals surface area contributed by atoms with Gasteiger partial charge in [0.1, 0.15) is 0 Å². The minimum absolute atomic E-state index is 0.0156. The van der Waals surface area contributed by atoms with E-state index in [0.717, 1.165) is 32.1 Å². The molecule has 120 valence electrons. The highest BCUT2D eigenvalue weighted by molar-refractivity contribution is 8.13. The summed E-state index contributed by atoms with van der Waals surface area (Å²) < 4.78 is 34.1. The van der Waals surface area contributed by atoms with Gasteiger partial charge < -0.3 is 9.47 Å². The largest absolute Gasteiger partial charge is 0.378 e. The van der Waals surface area contributed by atoms with Crippen LogP contribution in [-0.4, -0.2) is 39.6 Å². The standard InChI is InChI=1S/C14H27ClO4S/c1-13(2,3)19-10-9-18-11-14(12-20(15,16)17)7-5-4-6-8-14/h4-12H2,1-3H3. The van der Waals surface area contributed by atoms with Crippen molar-refractivity contribution in [3.05, 3.63) is 0 Å². The van der Waals surface area contributed by atoms with E-state index >= 15 is 0 Å². The van der Waals surface area contributed by atoms with Gasteiger partial charge in [0.05, 0.1) is 31.2 Å². The molecule has 0 heterocycles. The average Bonchev–Trinajstić information content (AvgIpc) is 2.25. The molecule has 0 saturated heterocycles. The normalized spacial score (nSPS) is 20.0. The summed E-state index contributed by atoms with van der Waals surface area (Å²) in [6.07, 6.45) is 5.01. The minimum Gasteiger partial charge on any atom is -0.378 e. The molecule has 4 nitrogen and oxygen atoms in total. The molecule has 6 heteroatoms. The van der Waals surface area contributed by atoms with Crippen LogP contribution >= 0.6 is 10.7 Å². The minimum atomic E-state index is -3.49. The third kappa shape index (κ3) is 7.81. The first-order valence-corrected chi connectivity index (χ1v) is 9.74. The SMILES string of the molecule is CC(C)(C)OCCOCC1(CS(=O)(=O)Cl)CCCCC1. The van der Waals surface area contributed by atoms with E-state index in [2.05, 4.69) is 0 Å². The van der Waals surface area contributed by atoms with Gasteiger partial charge in [-0.1, -0.05) is 19.3 Å². The van der Waals surface area contributed by atoms with Gasteiger partial charge in [-0.2, -0.15) is 0 Å². The molecule has 0 unspecified atom stereocenters. The Hall–Kier alpha value is 0.160. The third-order valence-corrected chi connectivity index (χ3v) is 4.85. The van der Waals surface area contributed by atoms with Gasteiger partial charge in [0.25, 0.3) is 0 Å². The Labute approximate surface area is 127 Å². The molecule has 20 heavy (non-hydrogen) atoms. The predicted octanol–water partition coefficient (Wildman–Crippen LogP) is 3.34. The summed E-state index contributed by atoms with van der Waals surface area (Å²) >= 11 is 0. The van der Waals surface area contributed by atoms with Gasteiger partial charge in [-0.3, -0.25) is 0 Å². The van der Waals surface area contributed by atoms with Crippen LogP contribution in [0.1, 0.15) is 52.9 Å². The van der Waals surface area contributed by atoms with Crippen LogP contribution < -0.4 is 0 Å². The summed E-state index contributed by atoms with van der Waals surface area (Å²) in [6.45, 7) is 7.45. The molecule has 0 aromatic heterocycles. The molecule has 0 spiro atoms. The van der Waals surface area contributed by atoms with Crippen LogP contribution in [0.15, 0.2) is 0 Å². The van der Waals surface area contributed by atoms with Crippen LogP contribution in [0.2, 0.25) is 0 Å². The van der Waals surface area contributed by atoms with Crippen molar-refractivity contribution in [3.63, 3.8) is 0 Å². The van der Waals surface area contributed by atoms with Crippen LogP contribution in [0, 0.1) is 5.41 Å². The van der Waals surface area contributed by atoms with E-state index in [4.69, 9.17) is 20.2 Å². The van der Waals surface area contributed by atoms with Crippen LogP contribution in [0.3, 0.4) is 0 Å². The van der Waals surface area contributed by atoms with Gasteiger partial charge in [-0.15, -0.1) is 0 Å². The van der Waals surface area contributed by atoms with Crippen LogP contribution in [0.25, 0.3) is 0 Å². The molecule has 1 fully saturated rings. The van der Waals surface area contributed by atoms with Crippen molar-refractivity contribution in [2.75, 3.05) is 25.6 Å². The number of rotatable bonds is 7. The first-order valence-electron chi connectivity index (χ1n) is 7.26. The fourth-order valence-corrected chi connectivity index (χ4v) is 4.49. The number of ether oxygens (including phenoxy) is 2. The predicted molar refractivity (Wildman–Crippen MR) is 81.7 cm³/mol. The second-order valence-electron chi connectivity index (χ2n) is 6.76. The van der Waals surface area contributed by atoms with Crippen LogP contribution in [0.5, 0.6) is 0 Å². The Morgan fingerprint density at radius 3 is 2.20 bits per heavy atom. The Kier molecular flexibility index (Phi) is 6.77. The molecule has 0 aromatic rings. The molecule has 1 rings (SSSR count). The van der Waals surface area contributed by atoms with E-state index in [9.17, 15) is 8.42 Å². The number of halogens is 1. The number of hydrogen-bond donors (Lipinski definition) is 0. The van der Waals surface area contributed by atoms with Gasteiger partial charge in [0.15, 0.2) is 0 Å². The van der Waals surface area contributed by atoms with E-state index in [-0.39, 0.29) is 16.8 Å². The van der Waals surface area contributed by atoms with Crippen molar-refractivity contribution in [2.24, 2.45) is 5.41 Å². The summed E-state index contributed by atoms with van der Waals surface area (Å²) in [7, 11) is 1.96. The molecule has 0 aliphatic heterocycles. The summed E-state index contributed by atoms with van der Waals surface area (Å²) in [5.74, 6) is 0.0156. The molecule has 0 aromatic carbocycles. The Balaban J connectivity index is 2.42. The Morgan fingerprint density at radius 2 is 1.70 bits per heavy atom. The maximum atomic E-state index is 11.4. The van der Waals surface area contributed by atoms with E-state index in [1.165, 1.54) is 0 Å². The summed E-state index contributed by atoms with van der Waals surface area (Å²) in [5.41, 5.74) is -0.480. The molecule has 0 radical (unpaired) electrons. The zero-order chi connectivity index (χ0) is 15.3. The molecule has 0 atom stereocenters. The molecular weight excluding hydrogens is 300 g/mol. The maximum absolute atomic E-state index is 11.4. The van der Waals surface area contributed by atoms with Crippen molar-refractivity contribution in [1.82, 2.24) is 0 Å². The van der Waals surface area contributed by atoms with Gasteiger partial charge >= 0.3 is 0 Å². The third-order valence-electron chi connectivity index (χ3n) is 3.56. The quantitative estimate of drug-likeness (QED) is 0.532. The zero-order valence-corrected chi connectivity index (χ0v) is 14.4. The van der Waals surface area contributed by atoms with Crippen molar-refractivity contribution < 1.29 is 17.9 Å². The first kappa shape index (κ1) is 18.2. The lowest BCUT2D eigenvalue weighted by Crippen LogP contribution is -2.36. The number of hydrogen-bond acceptors (Lipinski definition) is 4. The zero-order valence-electron chi connectivity index (χ0n) is 12.8. The second-order valence-corrected chi connectivity index (χ2v) is 9.53. The fraction of sp³-hybridized carbons (Fsp3) is 1.00. The van der Waals surface area contributed by atoms with Gasteiger partial charge in [-0.25, -0.2) is 8.42 Å². The molecule has 1 saturated carbocycles. The second kappa shape index (κ2) is 7.43. The van der Waals surface area contributed by atoms with E-state index in [0.29, 0.717) is 19.8 Å². The van der Waals surface area contributed by atoms with Crippen LogP contribution in [0.4, 0.5) is 0 Å². The van der Waals surface area contributed by atoms with Crippen molar-refractivity contribution in [1.29, 1.82) is 0 Å². The van der Waals surface area contributed by atoms with Gasteiger partial charge in [0.2, 0.25) is 9.05 Å². The lowest BCUT2D eigenvalue weighted by atomic mass is 9.76.